The lowest BCUT2D eigenvalue weighted by Gasteiger charge is -2.30. The van der Waals surface area contributed by atoms with E-state index in [4.69, 9.17) is 14.2 Å². The smallest absolute Gasteiger partial charge is 0.224 e. The van der Waals surface area contributed by atoms with Crippen molar-refractivity contribution in [2.24, 2.45) is 0 Å². The highest BCUT2D eigenvalue weighted by Crippen LogP contribution is 2.33. The van der Waals surface area contributed by atoms with Crippen LogP contribution in [0.25, 0.3) is 0 Å². The van der Waals surface area contributed by atoms with Gasteiger partial charge in [0.15, 0.2) is 11.5 Å². The number of carbonyl (C=O) groups is 2. The molecule has 0 unspecified atom stereocenters. The summed E-state index contributed by atoms with van der Waals surface area (Å²) in [6.07, 6.45) is 1.88. The van der Waals surface area contributed by atoms with Crippen LogP contribution >= 0.6 is 0 Å². The molecule has 0 aliphatic carbocycles. The van der Waals surface area contributed by atoms with Gasteiger partial charge in [-0.05, 0) is 36.1 Å². The number of rotatable bonds is 9. The quantitative estimate of drug-likeness (QED) is 0.614. The first-order valence-electron chi connectivity index (χ1n) is 9.26. The highest BCUT2D eigenvalue weighted by atomic mass is 16.5. The topological polar surface area (TPSA) is 68.3 Å². The summed E-state index contributed by atoms with van der Waals surface area (Å²) in [5.41, 5.74) is 2.26. The van der Waals surface area contributed by atoms with Gasteiger partial charge in [0, 0.05) is 53.2 Å². The van der Waals surface area contributed by atoms with Gasteiger partial charge in [-0.1, -0.05) is 0 Å². The first-order valence-corrected chi connectivity index (χ1v) is 9.26. The molecule has 0 spiro atoms. The minimum absolute atomic E-state index is 0.0141. The van der Waals surface area contributed by atoms with E-state index in [0.29, 0.717) is 50.7 Å². The second-order valence-electron chi connectivity index (χ2n) is 6.64. The Morgan fingerprint density at radius 3 is 2.33 bits per heavy atom. The van der Waals surface area contributed by atoms with Gasteiger partial charge in [-0.2, -0.15) is 0 Å². The van der Waals surface area contributed by atoms with Gasteiger partial charge in [0.05, 0.1) is 14.2 Å². The van der Waals surface area contributed by atoms with Crippen molar-refractivity contribution in [3.8, 4) is 11.5 Å². The molecule has 150 valence electrons. The Morgan fingerprint density at radius 1 is 1.07 bits per heavy atom. The summed E-state index contributed by atoms with van der Waals surface area (Å²) in [5, 5.41) is 0. The van der Waals surface area contributed by atoms with Crippen LogP contribution in [-0.2, 0) is 27.3 Å². The lowest BCUT2D eigenvalue weighted by Crippen LogP contribution is -2.39. The van der Waals surface area contributed by atoms with E-state index in [2.05, 4.69) is 0 Å². The summed E-state index contributed by atoms with van der Waals surface area (Å²) in [6, 6.07) is 3.93. The van der Waals surface area contributed by atoms with Crippen LogP contribution in [0.5, 0.6) is 11.5 Å². The van der Waals surface area contributed by atoms with Crippen molar-refractivity contribution in [1.82, 2.24) is 9.80 Å². The van der Waals surface area contributed by atoms with Gasteiger partial charge in [-0.15, -0.1) is 0 Å². The van der Waals surface area contributed by atoms with Crippen LogP contribution in [-0.4, -0.2) is 69.2 Å². The molecule has 0 radical (unpaired) electrons. The summed E-state index contributed by atoms with van der Waals surface area (Å²) < 4.78 is 15.7. The minimum atomic E-state index is -0.0141. The molecule has 27 heavy (non-hydrogen) atoms. The van der Waals surface area contributed by atoms with Crippen LogP contribution in [0.3, 0.4) is 0 Å². The normalized spacial score (nSPS) is 13.1. The predicted octanol–water partition coefficient (Wildman–Crippen LogP) is 1.86. The Balaban J connectivity index is 1.95. The largest absolute Gasteiger partial charge is 0.493 e. The van der Waals surface area contributed by atoms with Crippen LogP contribution in [0.15, 0.2) is 12.1 Å². The number of fused-ring (bicyclic) bond motifs is 1. The lowest BCUT2D eigenvalue weighted by atomic mass is 9.98. The Bertz CT molecular complexity index is 662. The Labute approximate surface area is 161 Å². The third-order valence-electron chi connectivity index (χ3n) is 4.89. The monoisotopic (exact) mass is 378 g/mol. The molecule has 7 heteroatoms. The molecule has 0 bridgehead atoms. The molecule has 1 heterocycles. The third kappa shape index (κ3) is 5.60. The second kappa shape index (κ2) is 10.2. The number of hydrogen-bond acceptors (Lipinski definition) is 5. The second-order valence-corrected chi connectivity index (χ2v) is 6.64. The molecule has 1 aromatic carbocycles. The summed E-state index contributed by atoms with van der Waals surface area (Å²) in [7, 11) is 4.87. The van der Waals surface area contributed by atoms with Gasteiger partial charge >= 0.3 is 0 Å². The van der Waals surface area contributed by atoms with E-state index in [1.807, 2.05) is 17.0 Å². The van der Waals surface area contributed by atoms with Crippen LogP contribution < -0.4 is 9.47 Å². The number of methoxy groups -OCH3 is 3. The van der Waals surface area contributed by atoms with E-state index in [0.717, 1.165) is 18.4 Å². The number of carbonyl (C=O) groups excluding carboxylic acids is 2. The number of ether oxygens (including phenoxy) is 3. The van der Waals surface area contributed by atoms with Crippen molar-refractivity contribution < 1.29 is 23.8 Å². The summed E-state index contributed by atoms with van der Waals surface area (Å²) >= 11 is 0. The molecule has 0 fully saturated rings. The van der Waals surface area contributed by atoms with Gasteiger partial charge in [-0.3, -0.25) is 9.59 Å². The SMILES string of the molecule is COCCCN(CCC(=O)N1CCc2cc(OC)c(OC)cc2C1)C(C)=O. The van der Waals surface area contributed by atoms with E-state index in [-0.39, 0.29) is 11.8 Å². The molecule has 7 nitrogen and oxygen atoms in total. The van der Waals surface area contributed by atoms with Crippen molar-refractivity contribution >= 4 is 11.8 Å². The van der Waals surface area contributed by atoms with Crippen molar-refractivity contribution in [3.05, 3.63) is 23.3 Å². The highest BCUT2D eigenvalue weighted by molar-refractivity contribution is 5.78. The molecule has 0 N–H and O–H groups in total. The van der Waals surface area contributed by atoms with Crippen molar-refractivity contribution in [2.45, 2.75) is 32.7 Å². The van der Waals surface area contributed by atoms with E-state index in [9.17, 15) is 9.59 Å². The minimum Gasteiger partial charge on any atom is -0.493 e. The lowest BCUT2D eigenvalue weighted by molar-refractivity contribution is -0.134. The molecule has 2 amide bonds. The maximum Gasteiger partial charge on any atom is 0.224 e. The molecule has 1 aliphatic heterocycles. The van der Waals surface area contributed by atoms with E-state index >= 15 is 0 Å². The molecule has 2 rings (SSSR count). The zero-order chi connectivity index (χ0) is 19.8. The number of amides is 2. The Hall–Kier alpha value is -2.28. The molecule has 0 atom stereocenters. The molecule has 1 aliphatic rings. The zero-order valence-corrected chi connectivity index (χ0v) is 16.7. The summed E-state index contributed by atoms with van der Waals surface area (Å²) in [5.74, 6) is 1.43. The van der Waals surface area contributed by atoms with Crippen LogP contribution in [0, 0.1) is 0 Å². The van der Waals surface area contributed by atoms with E-state index < -0.39 is 0 Å². The van der Waals surface area contributed by atoms with Crippen molar-refractivity contribution in [2.75, 3.05) is 47.6 Å². The Morgan fingerprint density at radius 2 is 1.74 bits per heavy atom. The standard InChI is InChI=1S/C20H30N2O5/c1-15(23)21(8-5-11-25-2)10-7-20(24)22-9-6-16-12-18(26-3)19(27-4)13-17(16)14-22/h12-13H,5-11,14H2,1-4H3. The average Bonchev–Trinajstić information content (AvgIpc) is 2.68. The number of hydrogen-bond donors (Lipinski definition) is 0. The van der Waals surface area contributed by atoms with Gasteiger partial charge in [-0.25, -0.2) is 0 Å². The first-order chi connectivity index (χ1) is 13.0. The van der Waals surface area contributed by atoms with Gasteiger partial charge in [0.1, 0.15) is 0 Å². The summed E-state index contributed by atoms with van der Waals surface area (Å²) in [4.78, 5) is 28.0. The maximum atomic E-state index is 12.6. The number of benzene rings is 1. The fourth-order valence-electron chi connectivity index (χ4n) is 3.31. The van der Waals surface area contributed by atoms with Gasteiger partial charge < -0.3 is 24.0 Å². The van der Waals surface area contributed by atoms with Crippen LogP contribution in [0.4, 0.5) is 0 Å². The third-order valence-corrected chi connectivity index (χ3v) is 4.89. The maximum absolute atomic E-state index is 12.6. The molecule has 0 saturated carbocycles. The fourth-order valence-corrected chi connectivity index (χ4v) is 3.31. The van der Waals surface area contributed by atoms with Crippen LogP contribution in [0.1, 0.15) is 30.9 Å². The molecule has 0 aromatic heterocycles. The number of nitrogens with zero attached hydrogens (tertiary/aromatic N) is 2. The van der Waals surface area contributed by atoms with Crippen molar-refractivity contribution in [3.63, 3.8) is 0 Å². The van der Waals surface area contributed by atoms with Gasteiger partial charge in [0.2, 0.25) is 11.8 Å². The molecular weight excluding hydrogens is 348 g/mol. The average molecular weight is 378 g/mol. The van der Waals surface area contributed by atoms with Gasteiger partial charge in [0.25, 0.3) is 0 Å². The molecule has 1 aromatic rings. The highest BCUT2D eigenvalue weighted by Gasteiger charge is 2.23. The van der Waals surface area contributed by atoms with E-state index in [1.54, 1.807) is 26.2 Å². The van der Waals surface area contributed by atoms with Crippen LogP contribution in [0.2, 0.25) is 0 Å². The summed E-state index contributed by atoms with van der Waals surface area (Å²) in [6.45, 7) is 4.41. The fraction of sp³-hybridized carbons (Fsp3) is 0.600. The van der Waals surface area contributed by atoms with Crippen molar-refractivity contribution in [1.29, 1.82) is 0 Å². The Kier molecular flexibility index (Phi) is 7.91. The van der Waals surface area contributed by atoms with E-state index in [1.165, 1.54) is 12.5 Å². The molecular formula is C20H30N2O5. The first kappa shape index (κ1) is 21.0. The molecule has 0 saturated heterocycles. The predicted molar refractivity (Wildman–Crippen MR) is 102 cm³/mol. The zero-order valence-electron chi connectivity index (χ0n) is 16.7.